The highest BCUT2D eigenvalue weighted by Crippen LogP contribution is 2.31. The molecule has 2 nitrogen and oxygen atoms in total. The van der Waals surface area contributed by atoms with Crippen LogP contribution in [0.2, 0.25) is 0 Å². The van der Waals surface area contributed by atoms with E-state index in [1.165, 1.54) is 38.2 Å². The summed E-state index contributed by atoms with van der Waals surface area (Å²) >= 11 is 0. The van der Waals surface area contributed by atoms with Crippen molar-refractivity contribution in [3.8, 4) is 5.75 Å². The summed E-state index contributed by atoms with van der Waals surface area (Å²) in [6.45, 7) is 5.67. The van der Waals surface area contributed by atoms with Crippen molar-refractivity contribution in [3.63, 3.8) is 0 Å². The van der Waals surface area contributed by atoms with Crippen LogP contribution in [0.3, 0.4) is 0 Å². The Balaban J connectivity index is 1.50. The molecule has 27 heavy (non-hydrogen) atoms. The van der Waals surface area contributed by atoms with Crippen molar-refractivity contribution >= 4 is 0 Å². The van der Waals surface area contributed by atoms with Crippen molar-refractivity contribution in [3.05, 3.63) is 65.5 Å². The molecule has 1 N–H and O–H groups in total. The molecule has 1 fully saturated rings. The molecule has 3 rings (SSSR count). The normalized spacial score (nSPS) is 21.0. The Morgan fingerprint density at radius 1 is 1.00 bits per heavy atom. The Hall–Kier alpha value is -1.87. The second kappa shape index (κ2) is 9.89. The van der Waals surface area contributed by atoms with Crippen LogP contribution >= 0.6 is 0 Å². The van der Waals surface area contributed by atoms with Gasteiger partial charge in [0, 0.05) is 23.7 Å². The lowest BCUT2D eigenvalue weighted by Gasteiger charge is -2.28. The number of ether oxygens (including phenoxy) is 1. The summed E-state index contributed by atoms with van der Waals surface area (Å²) in [7, 11) is 0. The summed E-state index contributed by atoms with van der Waals surface area (Å²) in [6, 6.07) is 15.3. The van der Waals surface area contributed by atoms with Crippen molar-refractivity contribution in [1.82, 2.24) is 5.32 Å². The standard InChI is InChI=1S/C24H32FNO/c1-18-11-13-20(14-12-18)15-19(2)26-16-21-7-4-6-10-24(21)27-17-22-8-3-5-9-23(22)25/h3-10,18-20,26H,11-17H2,1-2H3. The maximum atomic E-state index is 13.8. The fourth-order valence-corrected chi connectivity index (χ4v) is 3.99. The first-order valence-electron chi connectivity index (χ1n) is 10.3. The number of rotatable bonds is 8. The van der Waals surface area contributed by atoms with E-state index in [4.69, 9.17) is 4.74 Å². The van der Waals surface area contributed by atoms with Crippen LogP contribution in [0.25, 0.3) is 0 Å². The first-order chi connectivity index (χ1) is 13.1. The van der Waals surface area contributed by atoms with Gasteiger partial charge in [0.05, 0.1) is 0 Å². The molecule has 0 saturated heterocycles. The molecular formula is C24H32FNO. The smallest absolute Gasteiger partial charge is 0.129 e. The summed E-state index contributed by atoms with van der Waals surface area (Å²) in [6.07, 6.45) is 6.74. The van der Waals surface area contributed by atoms with Gasteiger partial charge in [-0.3, -0.25) is 0 Å². The molecule has 2 aromatic carbocycles. The average Bonchev–Trinajstić information content (AvgIpc) is 2.68. The van der Waals surface area contributed by atoms with Crippen LogP contribution in [0.1, 0.15) is 57.1 Å². The van der Waals surface area contributed by atoms with E-state index in [0.717, 1.165) is 29.7 Å². The minimum atomic E-state index is -0.219. The molecule has 2 aromatic rings. The van der Waals surface area contributed by atoms with Crippen LogP contribution in [0.4, 0.5) is 4.39 Å². The molecule has 1 saturated carbocycles. The van der Waals surface area contributed by atoms with E-state index in [9.17, 15) is 4.39 Å². The highest BCUT2D eigenvalue weighted by molar-refractivity contribution is 5.33. The van der Waals surface area contributed by atoms with Crippen LogP contribution in [-0.4, -0.2) is 6.04 Å². The molecule has 146 valence electrons. The Labute approximate surface area is 163 Å². The number of benzene rings is 2. The van der Waals surface area contributed by atoms with Gasteiger partial charge in [-0.2, -0.15) is 0 Å². The fraction of sp³-hybridized carbons (Fsp3) is 0.500. The molecule has 0 amide bonds. The first kappa shape index (κ1) is 19.9. The number of hydrogen-bond acceptors (Lipinski definition) is 2. The SMILES string of the molecule is CC1CCC(CC(C)NCc2ccccc2OCc2ccccc2F)CC1. The lowest BCUT2D eigenvalue weighted by Crippen LogP contribution is -2.29. The molecule has 0 aliphatic heterocycles. The average molecular weight is 370 g/mol. The number of halogens is 1. The Bertz CT molecular complexity index is 709. The zero-order valence-electron chi connectivity index (χ0n) is 16.6. The summed E-state index contributed by atoms with van der Waals surface area (Å²) in [5, 5.41) is 3.65. The van der Waals surface area contributed by atoms with Gasteiger partial charge in [-0.05, 0) is 37.3 Å². The molecule has 0 radical (unpaired) electrons. The van der Waals surface area contributed by atoms with Gasteiger partial charge >= 0.3 is 0 Å². The molecule has 0 bridgehead atoms. The van der Waals surface area contributed by atoms with E-state index in [-0.39, 0.29) is 12.4 Å². The van der Waals surface area contributed by atoms with Gasteiger partial charge < -0.3 is 10.1 Å². The lowest BCUT2D eigenvalue weighted by atomic mass is 9.80. The fourth-order valence-electron chi connectivity index (χ4n) is 3.99. The van der Waals surface area contributed by atoms with Crippen LogP contribution in [0.15, 0.2) is 48.5 Å². The third-order valence-corrected chi connectivity index (χ3v) is 5.78. The molecule has 0 spiro atoms. The van der Waals surface area contributed by atoms with Crippen LogP contribution in [0, 0.1) is 17.7 Å². The van der Waals surface area contributed by atoms with Gasteiger partial charge in [0.15, 0.2) is 0 Å². The molecule has 1 aliphatic carbocycles. The minimum absolute atomic E-state index is 0.219. The summed E-state index contributed by atoms with van der Waals surface area (Å²) in [4.78, 5) is 0. The predicted octanol–water partition coefficient (Wildman–Crippen LogP) is 6.10. The number of hydrogen-bond donors (Lipinski definition) is 1. The van der Waals surface area contributed by atoms with E-state index >= 15 is 0 Å². The topological polar surface area (TPSA) is 21.3 Å². The largest absolute Gasteiger partial charge is 0.488 e. The van der Waals surface area contributed by atoms with E-state index < -0.39 is 0 Å². The van der Waals surface area contributed by atoms with Gasteiger partial charge in [-0.25, -0.2) is 4.39 Å². The monoisotopic (exact) mass is 369 g/mol. The third kappa shape index (κ3) is 6.07. The highest BCUT2D eigenvalue weighted by Gasteiger charge is 2.20. The number of para-hydroxylation sites is 1. The van der Waals surface area contributed by atoms with E-state index in [1.807, 2.05) is 24.3 Å². The lowest BCUT2D eigenvalue weighted by molar-refractivity contribution is 0.256. The molecule has 0 heterocycles. The van der Waals surface area contributed by atoms with Crippen LogP contribution in [0.5, 0.6) is 5.75 Å². The van der Waals surface area contributed by atoms with E-state index in [1.54, 1.807) is 12.1 Å². The summed E-state index contributed by atoms with van der Waals surface area (Å²) < 4.78 is 19.7. The van der Waals surface area contributed by atoms with Crippen LogP contribution in [-0.2, 0) is 13.2 Å². The van der Waals surface area contributed by atoms with Gasteiger partial charge in [0.25, 0.3) is 0 Å². The second-order valence-electron chi connectivity index (χ2n) is 8.13. The van der Waals surface area contributed by atoms with Crippen molar-refractivity contribution in [1.29, 1.82) is 0 Å². The maximum absolute atomic E-state index is 13.8. The van der Waals surface area contributed by atoms with E-state index in [0.29, 0.717) is 11.6 Å². The highest BCUT2D eigenvalue weighted by atomic mass is 19.1. The quantitative estimate of drug-likeness (QED) is 0.607. The summed E-state index contributed by atoms with van der Waals surface area (Å²) in [5.74, 6) is 2.37. The van der Waals surface area contributed by atoms with Gasteiger partial charge in [0.1, 0.15) is 18.2 Å². The maximum Gasteiger partial charge on any atom is 0.129 e. The molecular weight excluding hydrogens is 337 g/mol. The second-order valence-corrected chi connectivity index (χ2v) is 8.13. The Kier molecular flexibility index (Phi) is 7.28. The predicted molar refractivity (Wildman–Crippen MR) is 109 cm³/mol. The van der Waals surface area contributed by atoms with Gasteiger partial charge in [0.2, 0.25) is 0 Å². The molecule has 1 aliphatic rings. The van der Waals surface area contributed by atoms with Crippen molar-refractivity contribution in [2.45, 2.75) is 65.1 Å². The molecule has 3 heteroatoms. The van der Waals surface area contributed by atoms with Crippen molar-refractivity contribution in [2.24, 2.45) is 11.8 Å². The Morgan fingerprint density at radius 2 is 1.67 bits per heavy atom. The third-order valence-electron chi connectivity index (χ3n) is 5.78. The first-order valence-corrected chi connectivity index (χ1v) is 10.3. The van der Waals surface area contributed by atoms with Crippen molar-refractivity contribution < 1.29 is 9.13 Å². The number of nitrogens with one attached hydrogen (secondary N) is 1. The molecule has 0 aromatic heterocycles. The van der Waals surface area contributed by atoms with Crippen molar-refractivity contribution in [2.75, 3.05) is 0 Å². The molecule has 1 atom stereocenters. The zero-order valence-corrected chi connectivity index (χ0v) is 16.6. The summed E-state index contributed by atoms with van der Waals surface area (Å²) in [5.41, 5.74) is 1.71. The Morgan fingerprint density at radius 3 is 2.41 bits per heavy atom. The minimum Gasteiger partial charge on any atom is -0.488 e. The van der Waals surface area contributed by atoms with Gasteiger partial charge in [-0.1, -0.05) is 69.0 Å². The zero-order chi connectivity index (χ0) is 19.1. The molecule has 1 unspecified atom stereocenters. The van der Waals surface area contributed by atoms with E-state index in [2.05, 4.69) is 25.2 Å². The van der Waals surface area contributed by atoms with Gasteiger partial charge in [-0.15, -0.1) is 0 Å². The van der Waals surface area contributed by atoms with Crippen LogP contribution < -0.4 is 10.1 Å².